The molecule has 20 heavy (non-hydrogen) atoms. The first-order valence-corrected chi connectivity index (χ1v) is 7.72. The highest BCUT2D eigenvalue weighted by Crippen LogP contribution is 2.39. The lowest BCUT2D eigenvalue weighted by Crippen LogP contribution is -2.30. The van der Waals surface area contributed by atoms with Gasteiger partial charge in [-0.2, -0.15) is 11.3 Å². The van der Waals surface area contributed by atoms with Crippen LogP contribution in [-0.4, -0.2) is 13.7 Å². The maximum absolute atomic E-state index is 6.22. The molecule has 0 unspecified atom stereocenters. The SMILES string of the molecule is COc1cc2c(cc1Br)C(N(N)c1ccsc1)=CCO2. The van der Waals surface area contributed by atoms with Gasteiger partial charge in [0.25, 0.3) is 0 Å². The number of nitrogens with two attached hydrogens (primary N) is 1. The summed E-state index contributed by atoms with van der Waals surface area (Å²) in [6.07, 6.45) is 1.97. The largest absolute Gasteiger partial charge is 0.495 e. The van der Waals surface area contributed by atoms with Gasteiger partial charge in [-0.05, 0) is 39.5 Å². The zero-order valence-electron chi connectivity index (χ0n) is 10.8. The van der Waals surface area contributed by atoms with Gasteiger partial charge >= 0.3 is 0 Å². The summed E-state index contributed by atoms with van der Waals surface area (Å²) in [5, 5.41) is 5.69. The van der Waals surface area contributed by atoms with Gasteiger partial charge < -0.3 is 9.47 Å². The van der Waals surface area contributed by atoms with E-state index in [4.69, 9.17) is 15.3 Å². The fraction of sp³-hybridized carbons (Fsp3) is 0.143. The lowest BCUT2D eigenvalue weighted by molar-refractivity contribution is 0.350. The molecule has 0 radical (unpaired) electrons. The minimum Gasteiger partial charge on any atom is -0.495 e. The van der Waals surface area contributed by atoms with Crippen molar-refractivity contribution in [3.63, 3.8) is 0 Å². The fourth-order valence-electron chi connectivity index (χ4n) is 2.09. The van der Waals surface area contributed by atoms with Gasteiger partial charge in [0.2, 0.25) is 0 Å². The summed E-state index contributed by atoms with van der Waals surface area (Å²) in [4.78, 5) is 0. The molecule has 6 heteroatoms. The van der Waals surface area contributed by atoms with E-state index in [0.717, 1.165) is 32.9 Å². The number of thiophene rings is 1. The quantitative estimate of drug-likeness (QED) is 0.676. The summed E-state index contributed by atoms with van der Waals surface area (Å²) in [6.45, 7) is 0.491. The molecule has 3 rings (SSSR count). The number of benzene rings is 1. The number of methoxy groups -OCH3 is 1. The summed E-state index contributed by atoms with van der Waals surface area (Å²) in [5.74, 6) is 7.73. The van der Waals surface area contributed by atoms with E-state index in [1.54, 1.807) is 23.5 Å². The van der Waals surface area contributed by atoms with Gasteiger partial charge in [0.1, 0.15) is 18.1 Å². The first-order valence-electron chi connectivity index (χ1n) is 5.98. The van der Waals surface area contributed by atoms with Crippen LogP contribution in [0.2, 0.25) is 0 Å². The van der Waals surface area contributed by atoms with E-state index in [1.165, 1.54) is 0 Å². The van der Waals surface area contributed by atoms with Crippen molar-refractivity contribution in [1.29, 1.82) is 0 Å². The van der Waals surface area contributed by atoms with Crippen molar-refractivity contribution < 1.29 is 9.47 Å². The van der Waals surface area contributed by atoms with E-state index in [0.29, 0.717) is 6.61 Å². The van der Waals surface area contributed by atoms with Gasteiger partial charge in [-0.25, -0.2) is 5.84 Å². The van der Waals surface area contributed by atoms with Crippen LogP contribution in [0, 0.1) is 0 Å². The topological polar surface area (TPSA) is 47.7 Å². The van der Waals surface area contributed by atoms with Crippen molar-refractivity contribution in [2.24, 2.45) is 5.84 Å². The Morgan fingerprint density at radius 3 is 3.00 bits per heavy atom. The Morgan fingerprint density at radius 1 is 1.45 bits per heavy atom. The number of hydrogen-bond donors (Lipinski definition) is 1. The Hall–Kier alpha value is -1.50. The maximum Gasteiger partial charge on any atom is 0.136 e. The average Bonchev–Trinajstić information content (AvgIpc) is 2.99. The Kier molecular flexibility index (Phi) is 3.69. The third kappa shape index (κ3) is 2.30. The molecule has 2 N–H and O–H groups in total. The molecule has 1 aromatic heterocycles. The molecule has 1 aromatic carbocycles. The van der Waals surface area contributed by atoms with E-state index >= 15 is 0 Å². The van der Waals surface area contributed by atoms with Crippen molar-refractivity contribution in [3.05, 3.63) is 45.1 Å². The predicted molar refractivity (Wildman–Crippen MR) is 85.2 cm³/mol. The van der Waals surface area contributed by atoms with Crippen molar-refractivity contribution in [2.45, 2.75) is 0 Å². The van der Waals surface area contributed by atoms with Crippen LogP contribution < -0.4 is 20.3 Å². The van der Waals surface area contributed by atoms with Gasteiger partial charge in [-0.1, -0.05) is 0 Å². The molecule has 0 saturated carbocycles. The van der Waals surface area contributed by atoms with E-state index in [1.807, 2.05) is 35.0 Å². The van der Waals surface area contributed by atoms with E-state index in [-0.39, 0.29) is 0 Å². The molecule has 0 atom stereocenters. The molecule has 1 aliphatic heterocycles. The third-order valence-corrected chi connectivity index (χ3v) is 4.38. The molecule has 2 heterocycles. The summed E-state index contributed by atoms with van der Waals surface area (Å²) in [5.41, 5.74) is 2.83. The smallest absolute Gasteiger partial charge is 0.136 e. The Labute approximate surface area is 129 Å². The molecule has 0 aliphatic carbocycles. The summed E-state index contributed by atoms with van der Waals surface area (Å²) in [7, 11) is 1.63. The highest BCUT2D eigenvalue weighted by atomic mass is 79.9. The Bertz CT molecular complexity index is 655. The second kappa shape index (κ2) is 5.47. The first kappa shape index (κ1) is 13.5. The summed E-state index contributed by atoms with van der Waals surface area (Å²) >= 11 is 5.11. The minimum absolute atomic E-state index is 0.491. The Balaban J connectivity index is 2.04. The van der Waals surface area contributed by atoms with Gasteiger partial charge in [0, 0.05) is 17.0 Å². The maximum atomic E-state index is 6.22. The monoisotopic (exact) mass is 352 g/mol. The number of hydrogen-bond acceptors (Lipinski definition) is 5. The van der Waals surface area contributed by atoms with Crippen LogP contribution in [0.1, 0.15) is 5.56 Å². The molecule has 104 valence electrons. The molecule has 0 spiro atoms. The second-order valence-corrected chi connectivity index (χ2v) is 5.87. The van der Waals surface area contributed by atoms with E-state index < -0.39 is 0 Å². The highest BCUT2D eigenvalue weighted by molar-refractivity contribution is 9.10. The lowest BCUT2D eigenvalue weighted by atomic mass is 10.1. The zero-order valence-corrected chi connectivity index (χ0v) is 13.2. The van der Waals surface area contributed by atoms with Crippen molar-refractivity contribution in [2.75, 3.05) is 18.7 Å². The van der Waals surface area contributed by atoms with Crippen molar-refractivity contribution in [3.8, 4) is 11.5 Å². The lowest BCUT2D eigenvalue weighted by Gasteiger charge is -2.26. The number of fused-ring (bicyclic) bond motifs is 1. The van der Waals surface area contributed by atoms with Gasteiger partial charge in [0.05, 0.1) is 23.0 Å². The third-order valence-electron chi connectivity index (χ3n) is 3.09. The molecular formula is C14H13BrN2O2S. The standard InChI is InChI=1S/C14H13BrN2O2S/c1-18-14-7-13-10(6-11(14)15)12(2-4-19-13)17(16)9-3-5-20-8-9/h2-3,5-8H,4,16H2,1H3. The summed E-state index contributed by atoms with van der Waals surface area (Å²) < 4.78 is 11.8. The molecule has 0 amide bonds. The fourth-order valence-corrected chi connectivity index (χ4v) is 3.23. The van der Waals surface area contributed by atoms with Gasteiger partial charge in [-0.15, -0.1) is 0 Å². The second-order valence-electron chi connectivity index (χ2n) is 4.23. The van der Waals surface area contributed by atoms with Crippen LogP contribution in [0.4, 0.5) is 5.69 Å². The predicted octanol–water partition coefficient (Wildman–Crippen LogP) is 3.63. The molecule has 1 aliphatic rings. The highest BCUT2D eigenvalue weighted by Gasteiger charge is 2.21. The van der Waals surface area contributed by atoms with Crippen LogP contribution in [0.3, 0.4) is 0 Å². The minimum atomic E-state index is 0.491. The van der Waals surface area contributed by atoms with E-state index in [2.05, 4.69) is 15.9 Å². The van der Waals surface area contributed by atoms with Gasteiger partial charge in [0.15, 0.2) is 0 Å². The molecule has 4 nitrogen and oxygen atoms in total. The van der Waals surface area contributed by atoms with Crippen molar-refractivity contribution in [1.82, 2.24) is 0 Å². The number of anilines is 1. The van der Waals surface area contributed by atoms with Crippen molar-refractivity contribution >= 4 is 38.7 Å². The number of ether oxygens (including phenoxy) is 2. The van der Waals surface area contributed by atoms with Crippen LogP contribution in [0.5, 0.6) is 11.5 Å². The number of rotatable bonds is 3. The summed E-state index contributed by atoms with van der Waals surface area (Å²) in [6, 6.07) is 5.82. The first-order chi connectivity index (χ1) is 9.70. The zero-order chi connectivity index (χ0) is 14.1. The van der Waals surface area contributed by atoms with Crippen LogP contribution >= 0.6 is 27.3 Å². The number of hydrazine groups is 1. The number of nitrogens with zero attached hydrogens (tertiary/aromatic N) is 1. The molecule has 2 aromatic rings. The van der Waals surface area contributed by atoms with Crippen LogP contribution in [0.15, 0.2) is 39.5 Å². The molecule has 0 bridgehead atoms. The van der Waals surface area contributed by atoms with Gasteiger partial charge in [-0.3, -0.25) is 5.01 Å². The van der Waals surface area contributed by atoms with E-state index in [9.17, 15) is 0 Å². The number of halogens is 1. The normalized spacial score (nSPS) is 13.2. The van der Waals surface area contributed by atoms with Crippen LogP contribution in [-0.2, 0) is 0 Å². The molecule has 0 fully saturated rings. The molecular weight excluding hydrogens is 340 g/mol. The Morgan fingerprint density at radius 2 is 2.30 bits per heavy atom. The molecule has 0 saturated heterocycles. The van der Waals surface area contributed by atoms with Crippen LogP contribution in [0.25, 0.3) is 5.70 Å². The average molecular weight is 353 g/mol.